The number of aromatic nitrogens is 3. The van der Waals surface area contributed by atoms with Crippen LogP contribution in [-0.2, 0) is 11.8 Å². The molecule has 0 fully saturated rings. The molecule has 156 valence electrons. The molecule has 0 saturated carbocycles. The molecule has 0 saturated heterocycles. The molecule has 8 heteroatoms. The Bertz CT molecular complexity index is 1050. The molecule has 2 heterocycles. The molecule has 0 spiro atoms. The molecule has 1 aromatic heterocycles. The highest BCUT2D eigenvalue weighted by Crippen LogP contribution is 2.31. The molecule has 1 amide bonds. The number of fused-ring (bicyclic) bond motifs is 1. The molecule has 1 aliphatic heterocycles. The van der Waals surface area contributed by atoms with Crippen molar-refractivity contribution in [2.24, 2.45) is 7.05 Å². The zero-order valence-electron chi connectivity index (χ0n) is 17.2. The van der Waals surface area contributed by atoms with Crippen LogP contribution in [0.2, 0.25) is 0 Å². The SMILES string of the molecule is Cc1ccccc1-c1nnc(SCC(=O)N(C)C[C@@H]2COc3ccccc3O2)n1C. The second-order valence-corrected chi connectivity index (χ2v) is 8.18. The number of aryl methyl sites for hydroxylation is 1. The van der Waals surface area contributed by atoms with Crippen molar-refractivity contribution in [3.63, 3.8) is 0 Å². The first-order chi connectivity index (χ1) is 14.5. The van der Waals surface area contributed by atoms with Crippen molar-refractivity contribution in [2.75, 3.05) is 26.0 Å². The van der Waals surface area contributed by atoms with E-state index in [4.69, 9.17) is 9.47 Å². The van der Waals surface area contributed by atoms with Gasteiger partial charge in [-0.3, -0.25) is 4.79 Å². The van der Waals surface area contributed by atoms with Gasteiger partial charge in [0.15, 0.2) is 28.6 Å². The summed E-state index contributed by atoms with van der Waals surface area (Å²) in [5.41, 5.74) is 2.18. The van der Waals surface area contributed by atoms with E-state index in [0.29, 0.717) is 24.1 Å². The number of amides is 1. The molecule has 2 aromatic carbocycles. The first kappa shape index (κ1) is 20.3. The Morgan fingerprint density at radius 2 is 1.90 bits per heavy atom. The third kappa shape index (κ3) is 4.28. The minimum Gasteiger partial charge on any atom is -0.486 e. The Morgan fingerprint density at radius 1 is 1.17 bits per heavy atom. The maximum Gasteiger partial charge on any atom is 0.232 e. The van der Waals surface area contributed by atoms with Gasteiger partial charge in [0, 0.05) is 19.7 Å². The minimum absolute atomic E-state index is 0.00269. The number of para-hydroxylation sites is 2. The normalized spacial score (nSPS) is 15.1. The van der Waals surface area contributed by atoms with Crippen molar-refractivity contribution in [1.82, 2.24) is 19.7 Å². The molecule has 0 N–H and O–H groups in total. The van der Waals surface area contributed by atoms with E-state index in [-0.39, 0.29) is 17.8 Å². The van der Waals surface area contributed by atoms with Crippen molar-refractivity contribution < 1.29 is 14.3 Å². The van der Waals surface area contributed by atoms with E-state index in [9.17, 15) is 4.79 Å². The Morgan fingerprint density at radius 3 is 2.70 bits per heavy atom. The quantitative estimate of drug-likeness (QED) is 0.566. The predicted molar refractivity (Wildman–Crippen MR) is 116 cm³/mol. The fraction of sp³-hybridized carbons (Fsp3) is 0.318. The van der Waals surface area contributed by atoms with Crippen molar-refractivity contribution in [3.8, 4) is 22.9 Å². The lowest BCUT2D eigenvalue weighted by Gasteiger charge is -2.29. The van der Waals surface area contributed by atoms with E-state index in [1.807, 2.05) is 67.1 Å². The van der Waals surface area contributed by atoms with E-state index in [1.54, 1.807) is 11.9 Å². The van der Waals surface area contributed by atoms with Crippen LogP contribution >= 0.6 is 11.8 Å². The summed E-state index contributed by atoms with van der Waals surface area (Å²) in [6.07, 6.45) is -0.193. The Hall–Kier alpha value is -3.00. The average molecular weight is 425 g/mol. The second kappa shape index (κ2) is 8.79. The third-order valence-electron chi connectivity index (χ3n) is 5.02. The van der Waals surface area contributed by atoms with Crippen molar-refractivity contribution in [1.29, 1.82) is 0 Å². The number of hydrogen-bond acceptors (Lipinski definition) is 6. The number of hydrogen-bond donors (Lipinski definition) is 0. The number of nitrogens with zero attached hydrogens (tertiary/aromatic N) is 4. The molecule has 0 radical (unpaired) electrons. The van der Waals surface area contributed by atoms with Crippen LogP contribution in [0.5, 0.6) is 11.5 Å². The van der Waals surface area contributed by atoms with Gasteiger partial charge in [0.05, 0.1) is 12.3 Å². The Balaban J connectivity index is 1.33. The summed E-state index contributed by atoms with van der Waals surface area (Å²) in [4.78, 5) is 14.3. The summed E-state index contributed by atoms with van der Waals surface area (Å²) >= 11 is 1.38. The average Bonchev–Trinajstić information content (AvgIpc) is 3.12. The third-order valence-corrected chi connectivity index (χ3v) is 6.02. The van der Waals surface area contributed by atoms with Gasteiger partial charge in [0.2, 0.25) is 5.91 Å². The molecular formula is C22H24N4O3S. The molecule has 0 unspecified atom stereocenters. The van der Waals surface area contributed by atoms with Gasteiger partial charge in [-0.2, -0.15) is 0 Å². The molecule has 1 atom stereocenters. The standard InChI is InChI=1S/C22H24N4O3S/c1-15-8-4-5-9-17(15)21-23-24-22(26(21)3)30-14-20(27)25(2)12-16-13-28-18-10-6-7-11-19(18)29-16/h4-11,16H,12-14H2,1-3H3/t16-/m1/s1. The van der Waals surface area contributed by atoms with Crippen LogP contribution in [0.25, 0.3) is 11.4 Å². The number of rotatable bonds is 6. The molecule has 3 aromatic rings. The smallest absolute Gasteiger partial charge is 0.232 e. The monoisotopic (exact) mass is 424 g/mol. The van der Waals surface area contributed by atoms with Crippen LogP contribution in [0, 0.1) is 6.92 Å². The number of carbonyl (C=O) groups excluding carboxylic acids is 1. The van der Waals surface area contributed by atoms with E-state index in [1.165, 1.54) is 11.8 Å². The number of likely N-dealkylation sites (N-methyl/N-ethyl adjacent to an activating group) is 1. The van der Waals surface area contributed by atoms with Crippen LogP contribution < -0.4 is 9.47 Å². The van der Waals surface area contributed by atoms with Crippen LogP contribution in [0.15, 0.2) is 53.7 Å². The van der Waals surface area contributed by atoms with E-state index in [0.717, 1.165) is 22.7 Å². The topological polar surface area (TPSA) is 69.5 Å². The molecule has 4 rings (SSSR count). The summed E-state index contributed by atoms with van der Waals surface area (Å²) in [6, 6.07) is 15.6. The molecule has 30 heavy (non-hydrogen) atoms. The maximum atomic E-state index is 12.6. The first-order valence-corrected chi connectivity index (χ1v) is 10.7. The van der Waals surface area contributed by atoms with E-state index < -0.39 is 0 Å². The van der Waals surface area contributed by atoms with Gasteiger partial charge in [-0.05, 0) is 24.6 Å². The van der Waals surface area contributed by atoms with Gasteiger partial charge in [-0.1, -0.05) is 48.2 Å². The largest absolute Gasteiger partial charge is 0.486 e. The van der Waals surface area contributed by atoms with Gasteiger partial charge >= 0.3 is 0 Å². The van der Waals surface area contributed by atoms with Crippen LogP contribution in [0.3, 0.4) is 0 Å². The fourth-order valence-electron chi connectivity index (χ4n) is 3.30. The molecular weight excluding hydrogens is 400 g/mol. The lowest BCUT2D eigenvalue weighted by atomic mass is 10.1. The molecule has 1 aliphatic rings. The second-order valence-electron chi connectivity index (χ2n) is 7.24. The van der Waals surface area contributed by atoms with E-state index >= 15 is 0 Å². The highest BCUT2D eigenvalue weighted by atomic mass is 32.2. The number of ether oxygens (including phenoxy) is 2. The number of carbonyl (C=O) groups is 1. The van der Waals surface area contributed by atoms with Crippen molar-refractivity contribution >= 4 is 17.7 Å². The zero-order chi connectivity index (χ0) is 21.1. The highest BCUT2D eigenvalue weighted by Gasteiger charge is 2.24. The maximum absolute atomic E-state index is 12.6. The number of benzene rings is 2. The van der Waals surface area contributed by atoms with Gasteiger partial charge in [0.1, 0.15) is 6.61 Å². The summed E-state index contributed by atoms with van der Waals surface area (Å²) in [5.74, 6) is 2.53. The van der Waals surface area contributed by atoms with Gasteiger partial charge in [-0.15, -0.1) is 10.2 Å². The van der Waals surface area contributed by atoms with Crippen LogP contribution in [-0.4, -0.2) is 57.6 Å². The number of thioether (sulfide) groups is 1. The minimum atomic E-state index is -0.193. The summed E-state index contributed by atoms with van der Waals surface area (Å²) < 4.78 is 13.6. The van der Waals surface area contributed by atoms with Gasteiger partial charge in [-0.25, -0.2) is 0 Å². The summed E-state index contributed by atoms with van der Waals surface area (Å²) in [5, 5.41) is 9.29. The van der Waals surface area contributed by atoms with Gasteiger partial charge < -0.3 is 18.9 Å². The van der Waals surface area contributed by atoms with Crippen molar-refractivity contribution in [2.45, 2.75) is 18.2 Å². The fourth-order valence-corrected chi connectivity index (χ4v) is 4.15. The molecule has 7 nitrogen and oxygen atoms in total. The van der Waals surface area contributed by atoms with Gasteiger partial charge in [0.25, 0.3) is 0 Å². The van der Waals surface area contributed by atoms with Crippen LogP contribution in [0.4, 0.5) is 0 Å². The molecule has 0 bridgehead atoms. The summed E-state index contributed by atoms with van der Waals surface area (Å²) in [7, 11) is 3.70. The zero-order valence-corrected chi connectivity index (χ0v) is 18.1. The predicted octanol–water partition coefficient (Wildman–Crippen LogP) is 3.18. The first-order valence-electron chi connectivity index (χ1n) is 9.73. The van der Waals surface area contributed by atoms with Crippen molar-refractivity contribution in [3.05, 3.63) is 54.1 Å². The van der Waals surface area contributed by atoms with E-state index in [2.05, 4.69) is 10.2 Å². The molecule has 0 aliphatic carbocycles. The Labute approximate surface area is 180 Å². The summed E-state index contributed by atoms with van der Waals surface area (Å²) in [6.45, 7) is 2.93. The highest BCUT2D eigenvalue weighted by molar-refractivity contribution is 7.99. The lowest BCUT2D eigenvalue weighted by molar-refractivity contribution is -0.128. The van der Waals surface area contributed by atoms with Crippen LogP contribution in [0.1, 0.15) is 5.56 Å². The Kier molecular flexibility index (Phi) is 5.94. The lowest BCUT2D eigenvalue weighted by Crippen LogP contribution is -2.42.